The molecule has 1 aliphatic heterocycles. The topological polar surface area (TPSA) is 67.2 Å². The highest BCUT2D eigenvalue weighted by Gasteiger charge is 2.50. The fraction of sp³-hybridized carbons (Fsp3) is 0.722. The van der Waals surface area contributed by atoms with Crippen molar-refractivity contribution in [1.29, 1.82) is 0 Å². The summed E-state index contributed by atoms with van der Waals surface area (Å²) in [7, 11) is 0. The molecule has 24 heavy (non-hydrogen) atoms. The van der Waals surface area contributed by atoms with Crippen LogP contribution in [-0.4, -0.2) is 45.1 Å². The van der Waals surface area contributed by atoms with Crippen molar-refractivity contribution in [3.63, 3.8) is 0 Å². The van der Waals surface area contributed by atoms with E-state index in [0.717, 1.165) is 43.6 Å². The van der Waals surface area contributed by atoms with Gasteiger partial charge in [-0.25, -0.2) is 0 Å². The molecule has 2 atom stereocenters. The molecule has 1 saturated heterocycles. The van der Waals surface area contributed by atoms with E-state index in [-0.39, 0.29) is 23.8 Å². The first-order valence-corrected chi connectivity index (χ1v) is 8.92. The van der Waals surface area contributed by atoms with Gasteiger partial charge in [0, 0.05) is 25.7 Å². The van der Waals surface area contributed by atoms with Crippen molar-refractivity contribution in [2.45, 2.75) is 65.0 Å². The van der Waals surface area contributed by atoms with Crippen LogP contribution in [0.2, 0.25) is 0 Å². The summed E-state index contributed by atoms with van der Waals surface area (Å²) >= 11 is 0. The van der Waals surface area contributed by atoms with E-state index >= 15 is 0 Å². The number of aryl methyl sites for hydroxylation is 2. The minimum absolute atomic E-state index is 0.0615. The van der Waals surface area contributed by atoms with Gasteiger partial charge in [0.2, 0.25) is 11.8 Å². The second-order valence-electron chi connectivity index (χ2n) is 7.58. The van der Waals surface area contributed by atoms with E-state index in [0.29, 0.717) is 6.54 Å². The number of carbonyl (C=O) groups is 2. The number of nitrogens with one attached hydrogen (secondary N) is 1. The molecule has 2 heterocycles. The molecule has 6 nitrogen and oxygen atoms in total. The second-order valence-corrected chi connectivity index (χ2v) is 7.58. The van der Waals surface area contributed by atoms with Crippen molar-refractivity contribution in [2.75, 3.05) is 13.1 Å². The van der Waals surface area contributed by atoms with Crippen LogP contribution in [0.15, 0.2) is 6.07 Å². The van der Waals surface area contributed by atoms with Crippen LogP contribution >= 0.6 is 0 Å². The summed E-state index contributed by atoms with van der Waals surface area (Å²) < 4.78 is 2.06. The van der Waals surface area contributed by atoms with Gasteiger partial charge in [-0.15, -0.1) is 0 Å². The van der Waals surface area contributed by atoms with E-state index in [4.69, 9.17) is 0 Å². The van der Waals surface area contributed by atoms with Gasteiger partial charge in [-0.1, -0.05) is 0 Å². The van der Waals surface area contributed by atoms with E-state index in [2.05, 4.69) is 28.1 Å². The van der Waals surface area contributed by atoms with Gasteiger partial charge in [-0.3, -0.25) is 14.3 Å². The van der Waals surface area contributed by atoms with Crippen molar-refractivity contribution in [1.82, 2.24) is 20.0 Å². The Morgan fingerprint density at radius 3 is 2.54 bits per heavy atom. The summed E-state index contributed by atoms with van der Waals surface area (Å²) in [6.07, 6.45) is 4.02. The average Bonchev–Trinajstić information content (AvgIpc) is 3.31. The van der Waals surface area contributed by atoms with Gasteiger partial charge < -0.3 is 10.2 Å². The Kier molecular flexibility index (Phi) is 4.40. The van der Waals surface area contributed by atoms with Gasteiger partial charge in [0.1, 0.15) is 5.54 Å². The first-order chi connectivity index (χ1) is 11.3. The first-order valence-electron chi connectivity index (χ1n) is 8.92. The lowest BCUT2D eigenvalue weighted by Gasteiger charge is -2.39. The zero-order valence-electron chi connectivity index (χ0n) is 15.1. The number of hydrogen-bond donors (Lipinski definition) is 1. The third kappa shape index (κ3) is 3.19. The molecule has 1 aromatic rings. The number of rotatable bonds is 4. The van der Waals surface area contributed by atoms with E-state index < -0.39 is 5.54 Å². The number of hydrogen-bond acceptors (Lipinski definition) is 3. The van der Waals surface area contributed by atoms with Crippen LogP contribution in [0.5, 0.6) is 0 Å². The van der Waals surface area contributed by atoms with Crippen molar-refractivity contribution in [3.05, 3.63) is 17.5 Å². The number of carbonyl (C=O) groups excluding carboxylic acids is 2. The Balaban J connectivity index is 1.77. The average molecular weight is 332 g/mol. The van der Waals surface area contributed by atoms with E-state index in [9.17, 15) is 9.59 Å². The van der Waals surface area contributed by atoms with Crippen LogP contribution in [0.25, 0.3) is 0 Å². The molecule has 0 spiro atoms. The molecule has 2 fully saturated rings. The predicted molar refractivity (Wildman–Crippen MR) is 91.5 cm³/mol. The Labute approximate surface area is 143 Å². The van der Waals surface area contributed by atoms with Crippen LogP contribution in [-0.2, 0) is 9.59 Å². The standard InChI is InChI=1S/C18H28N4O2/c1-12-10-13(2)22(20-12)16-6-5-9-21(11-16)17(24)18(4,15-7-8-15)19-14(3)23/h10,15-16H,5-9,11H2,1-4H3,(H,19,23)/t16-,18-/m1/s1. The molecule has 1 aliphatic carbocycles. The molecule has 1 aromatic heterocycles. The summed E-state index contributed by atoms with van der Waals surface area (Å²) in [6.45, 7) is 8.87. The van der Waals surface area contributed by atoms with Gasteiger partial charge in [-0.05, 0) is 58.4 Å². The quantitative estimate of drug-likeness (QED) is 0.916. The maximum Gasteiger partial charge on any atom is 0.248 e. The molecule has 0 radical (unpaired) electrons. The van der Waals surface area contributed by atoms with Crippen LogP contribution in [0.1, 0.15) is 57.0 Å². The number of nitrogens with zero attached hydrogens (tertiary/aromatic N) is 3. The summed E-state index contributed by atoms with van der Waals surface area (Å²) in [6, 6.07) is 2.30. The summed E-state index contributed by atoms with van der Waals surface area (Å²) in [4.78, 5) is 26.7. The van der Waals surface area contributed by atoms with Crippen LogP contribution in [0, 0.1) is 19.8 Å². The molecule has 1 saturated carbocycles. The highest BCUT2D eigenvalue weighted by molar-refractivity contribution is 5.91. The van der Waals surface area contributed by atoms with Gasteiger partial charge in [0.05, 0.1) is 11.7 Å². The van der Waals surface area contributed by atoms with Crippen molar-refractivity contribution in [3.8, 4) is 0 Å². The minimum Gasteiger partial charge on any atom is -0.342 e. The Bertz CT molecular complexity index is 649. The molecule has 3 rings (SSSR count). The molecule has 132 valence electrons. The number of aromatic nitrogens is 2. The third-order valence-corrected chi connectivity index (χ3v) is 5.35. The lowest BCUT2D eigenvalue weighted by molar-refractivity contribution is -0.143. The van der Waals surface area contributed by atoms with Crippen LogP contribution < -0.4 is 5.32 Å². The van der Waals surface area contributed by atoms with Crippen LogP contribution in [0.3, 0.4) is 0 Å². The third-order valence-electron chi connectivity index (χ3n) is 5.35. The molecular weight excluding hydrogens is 304 g/mol. The fourth-order valence-electron chi connectivity index (χ4n) is 4.04. The van der Waals surface area contributed by atoms with E-state index in [1.165, 1.54) is 6.92 Å². The lowest BCUT2D eigenvalue weighted by Crippen LogP contribution is -2.60. The maximum atomic E-state index is 13.2. The molecule has 0 bridgehead atoms. The molecule has 0 aromatic carbocycles. The molecule has 2 amide bonds. The molecule has 0 unspecified atom stereocenters. The molecule has 2 aliphatic rings. The normalized spacial score (nSPS) is 23.7. The van der Waals surface area contributed by atoms with Gasteiger partial charge >= 0.3 is 0 Å². The number of likely N-dealkylation sites (tertiary alicyclic amines) is 1. The smallest absolute Gasteiger partial charge is 0.248 e. The largest absolute Gasteiger partial charge is 0.342 e. The number of piperidine rings is 1. The Morgan fingerprint density at radius 2 is 2.00 bits per heavy atom. The first kappa shape index (κ1) is 17.0. The van der Waals surface area contributed by atoms with Gasteiger partial charge in [-0.2, -0.15) is 5.10 Å². The lowest BCUT2D eigenvalue weighted by atomic mass is 9.92. The summed E-state index contributed by atoms with van der Waals surface area (Å²) in [5.41, 5.74) is 1.39. The summed E-state index contributed by atoms with van der Waals surface area (Å²) in [5.74, 6) is 0.194. The zero-order chi connectivity index (χ0) is 17.5. The van der Waals surface area contributed by atoms with E-state index in [1.807, 2.05) is 18.7 Å². The minimum atomic E-state index is -0.761. The maximum absolute atomic E-state index is 13.2. The van der Waals surface area contributed by atoms with Gasteiger partial charge in [0.25, 0.3) is 0 Å². The SMILES string of the molecule is CC(=O)N[C@@](C)(C(=O)N1CCC[C@@H](n2nc(C)cc2C)C1)C1CC1. The monoisotopic (exact) mass is 332 g/mol. The second kappa shape index (κ2) is 6.22. The van der Waals surface area contributed by atoms with E-state index in [1.54, 1.807) is 0 Å². The van der Waals surface area contributed by atoms with Crippen LogP contribution in [0.4, 0.5) is 0 Å². The van der Waals surface area contributed by atoms with Crippen molar-refractivity contribution >= 4 is 11.8 Å². The van der Waals surface area contributed by atoms with Gasteiger partial charge in [0.15, 0.2) is 0 Å². The highest BCUT2D eigenvalue weighted by Crippen LogP contribution is 2.41. The molecule has 6 heteroatoms. The van der Waals surface area contributed by atoms with Crippen molar-refractivity contribution < 1.29 is 9.59 Å². The summed E-state index contributed by atoms with van der Waals surface area (Å²) in [5, 5.41) is 7.53. The molecule has 1 N–H and O–H groups in total. The highest BCUT2D eigenvalue weighted by atomic mass is 16.2. The predicted octanol–water partition coefficient (Wildman–Crippen LogP) is 1.97. The fourth-order valence-corrected chi connectivity index (χ4v) is 4.04. The van der Waals surface area contributed by atoms with Crippen molar-refractivity contribution in [2.24, 2.45) is 5.92 Å². The Morgan fingerprint density at radius 1 is 1.29 bits per heavy atom. The zero-order valence-corrected chi connectivity index (χ0v) is 15.1. The number of amides is 2. The Hall–Kier alpha value is -1.85. The molecular formula is C18H28N4O2.